The molecular formula is C15H24ClN3. The monoisotopic (exact) mass is 281 g/mol. The average Bonchev–Trinajstić information content (AvgIpc) is 2.44. The summed E-state index contributed by atoms with van der Waals surface area (Å²) in [4.78, 5) is 4.97. The van der Waals surface area contributed by atoms with E-state index in [1.165, 1.54) is 25.1 Å². The second kappa shape index (κ2) is 7.73. The van der Waals surface area contributed by atoms with Gasteiger partial charge in [0.1, 0.15) is 0 Å². The normalized spacial score (nSPS) is 16.8. The molecule has 1 aliphatic rings. The van der Waals surface area contributed by atoms with E-state index in [1.807, 2.05) is 12.1 Å². The second-order valence-corrected chi connectivity index (χ2v) is 5.59. The maximum atomic E-state index is 6.04. The van der Waals surface area contributed by atoms with Gasteiger partial charge in [0.05, 0.1) is 0 Å². The average molecular weight is 282 g/mol. The minimum absolute atomic E-state index is 0.821. The van der Waals surface area contributed by atoms with Crippen molar-refractivity contribution in [1.82, 2.24) is 4.90 Å². The fraction of sp³-hybridized carbons (Fsp3) is 0.600. The summed E-state index contributed by atoms with van der Waals surface area (Å²) in [5.74, 6) is 0. The third-order valence-corrected chi connectivity index (χ3v) is 3.96. The topological polar surface area (TPSA) is 32.5 Å². The summed E-state index contributed by atoms with van der Waals surface area (Å²) in [6.07, 6.45) is 3.68. The van der Waals surface area contributed by atoms with Crippen LogP contribution >= 0.6 is 11.6 Å². The molecule has 0 saturated carbocycles. The van der Waals surface area contributed by atoms with Gasteiger partial charge in [0.2, 0.25) is 0 Å². The van der Waals surface area contributed by atoms with Crippen molar-refractivity contribution in [3.63, 3.8) is 0 Å². The minimum atomic E-state index is 0.821. The van der Waals surface area contributed by atoms with Gasteiger partial charge in [-0.1, -0.05) is 24.1 Å². The minimum Gasteiger partial charge on any atom is -0.369 e. The van der Waals surface area contributed by atoms with E-state index in [-0.39, 0.29) is 0 Å². The van der Waals surface area contributed by atoms with Crippen LogP contribution in [0.2, 0.25) is 5.02 Å². The van der Waals surface area contributed by atoms with Crippen molar-refractivity contribution < 1.29 is 0 Å². The molecule has 106 valence electrons. The predicted molar refractivity (Wildman–Crippen MR) is 83.0 cm³/mol. The van der Waals surface area contributed by atoms with Crippen molar-refractivity contribution >= 4 is 17.3 Å². The second-order valence-electron chi connectivity index (χ2n) is 5.16. The van der Waals surface area contributed by atoms with Crippen LogP contribution in [0.3, 0.4) is 0 Å². The van der Waals surface area contributed by atoms with Crippen molar-refractivity contribution in [3.8, 4) is 0 Å². The van der Waals surface area contributed by atoms with Gasteiger partial charge in [-0.25, -0.2) is 0 Å². The number of halogens is 1. The molecule has 0 aliphatic carbocycles. The maximum Gasteiger partial charge on any atom is 0.0426 e. The summed E-state index contributed by atoms with van der Waals surface area (Å²) in [5.41, 5.74) is 6.76. The fourth-order valence-corrected chi connectivity index (χ4v) is 2.74. The summed E-state index contributed by atoms with van der Waals surface area (Å²) in [6, 6.07) is 8.15. The van der Waals surface area contributed by atoms with E-state index in [9.17, 15) is 0 Å². The molecule has 1 fully saturated rings. The summed E-state index contributed by atoms with van der Waals surface area (Å²) in [7, 11) is 0. The molecule has 1 saturated heterocycles. The number of nitrogens with zero attached hydrogens (tertiary/aromatic N) is 2. The van der Waals surface area contributed by atoms with Gasteiger partial charge in [-0.3, -0.25) is 4.90 Å². The molecule has 2 rings (SSSR count). The molecule has 1 heterocycles. The van der Waals surface area contributed by atoms with Gasteiger partial charge in [-0.05, 0) is 44.1 Å². The van der Waals surface area contributed by atoms with Crippen LogP contribution in [0.4, 0.5) is 5.69 Å². The maximum absolute atomic E-state index is 6.04. The van der Waals surface area contributed by atoms with Crippen molar-refractivity contribution in [2.24, 2.45) is 5.73 Å². The van der Waals surface area contributed by atoms with E-state index in [0.29, 0.717) is 0 Å². The molecule has 0 atom stereocenters. The number of nitrogens with two attached hydrogens (primary N) is 1. The van der Waals surface area contributed by atoms with Gasteiger partial charge in [0.15, 0.2) is 0 Å². The summed E-state index contributed by atoms with van der Waals surface area (Å²) < 4.78 is 0. The molecule has 19 heavy (non-hydrogen) atoms. The third-order valence-electron chi connectivity index (χ3n) is 3.72. The molecule has 3 nitrogen and oxygen atoms in total. The first kappa shape index (κ1) is 14.6. The first-order chi connectivity index (χ1) is 9.29. The quantitative estimate of drug-likeness (QED) is 0.814. The lowest BCUT2D eigenvalue weighted by Gasteiger charge is -2.36. The third kappa shape index (κ3) is 4.68. The van der Waals surface area contributed by atoms with Crippen molar-refractivity contribution in [2.75, 3.05) is 44.2 Å². The van der Waals surface area contributed by atoms with Crippen LogP contribution in [0.25, 0.3) is 0 Å². The van der Waals surface area contributed by atoms with Gasteiger partial charge >= 0.3 is 0 Å². The smallest absolute Gasteiger partial charge is 0.0426 e. The van der Waals surface area contributed by atoms with Crippen LogP contribution in [-0.4, -0.2) is 44.2 Å². The molecule has 4 heteroatoms. The van der Waals surface area contributed by atoms with E-state index in [4.69, 9.17) is 17.3 Å². The molecule has 1 aromatic rings. The molecular weight excluding hydrogens is 258 g/mol. The lowest BCUT2D eigenvalue weighted by molar-refractivity contribution is 0.252. The predicted octanol–water partition coefficient (Wildman–Crippen LogP) is 2.59. The van der Waals surface area contributed by atoms with Gasteiger partial charge < -0.3 is 10.6 Å². The molecule has 1 aliphatic heterocycles. The Labute approximate surface area is 121 Å². The molecule has 2 N–H and O–H groups in total. The van der Waals surface area contributed by atoms with Crippen molar-refractivity contribution in [3.05, 3.63) is 29.3 Å². The van der Waals surface area contributed by atoms with Crippen LogP contribution in [0.1, 0.15) is 19.3 Å². The molecule has 0 radical (unpaired) electrons. The van der Waals surface area contributed by atoms with E-state index < -0.39 is 0 Å². The molecule has 0 spiro atoms. The lowest BCUT2D eigenvalue weighted by atomic mass is 10.2. The SMILES string of the molecule is NCCCCCN1CCN(c2cccc(Cl)c2)CC1. The van der Waals surface area contributed by atoms with Crippen LogP contribution in [0.5, 0.6) is 0 Å². The molecule has 0 unspecified atom stereocenters. The van der Waals surface area contributed by atoms with Crippen molar-refractivity contribution in [1.29, 1.82) is 0 Å². The Bertz CT molecular complexity index is 375. The van der Waals surface area contributed by atoms with Crippen LogP contribution in [-0.2, 0) is 0 Å². The van der Waals surface area contributed by atoms with Gasteiger partial charge in [0, 0.05) is 36.9 Å². The van der Waals surface area contributed by atoms with E-state index in [1.54, 1.807) is 0 Å². The summed E-state index contributed by atoms with van der Waals surface area (Å²) in [6.45, 7) is 6.52. The number of hydrogen-bond donors (Lipinski definition) is 1. The number of hydrogen-bond acceptors (Lipinski definition) is 3. The number of anilines is 1. The Morgan fingerprint density at radius 2 is 1.84 bits per heavy atom. The number of piperazine rings is 1. The highest BCUT2D eigenvalue weighted by atomic mass is 35.5. The molecule has 0 bridgehead atoms. The lowest BCUT2D eigenvalue weighted by Crippen LogP contribution is -2.46. The van der Waals surface area contributed by atoms with Gasteiger partial charge in [-0.2, -0.15) is 0 Å². The molecule has 1 aromatic carbocycles. The Hall–Kier alpha value is -0.770. The fourth-order valence-electron chi connectivity index (χ4n) is 2.56. The van der Waals surface area contributed by atoms with E-state index in [2.05, 4.69) is 21.9 Å². The number of benzene rings is 1. The summed E-state index contributed by atoms with van der Waals surface area (Å²) >= 11 is 6.04. The van der Waals surface area contributed by atoms with Crippen molar-refractivity contribution in [2.45, 2.75) is 19.3 Å². The first-order valence-electron chi connectivity index (χ1n) is 7.22. The Morgan fingerprint density at radius 3 is 2.53 bits per heavy atom. The Balaban J connectivity index is 1.73. The molecule has 0 amide bonds. The Morgan fingerprint density at radius 1 is 1.05 bits per heavy atom. The first-order valence-corrected chi connectivity index (χ1v) is 7.60. The van der Waals surface area contributed by atoms with Crippen LogP contribution in [0, 0.1) is 0 Å². The Kier molecular flexibility index (Phi) is 5.95. The largest absolute Gasteiger partial charge is 0.369 e. The zero-order chi connectivity index (χ0) is 13.5. The zero-order valence-corrected chi connectivity index (χ0v) is 12.3. The highest BCUT2D eigenvalue weighted by Gasteiger charge is 2.16. The highest BCUT2D eigenvalue weighted by Crippen LogP contribution is 2.20. The van der Waals surface area contributed by atoms with Crippen LogP contribution < -0.4 is 10.6 Å². The highest BCUT2D eigenvalue weighted by molar-refractivity contribution is 6.30. The van der Waals surface area contributed by atoms with Gasteiger partial charge in [-0.15, -0.1) is 0 Å². The summed E-state index contributed by atoms with van der Waals surface area (Å²) in [5, 5.41) is 0.821. The van der Waals surface area contributed by atoms with Gasteiger partial charge in [0.25, 0.3) is 0 Å². The standard InChI is InChI=1S/C15H24ClN3/c16-14-5-4-6-15(13-14)19-11-9-18(10-12-19)8-3-1-2-7-17/h4-6,13H,1-3,7-12,17H2. The van der Waals surface area contributed by atoms with E-state index in [0.717, 1.165) is 44.2 Å². The number of rotatable bonds is 6. The number of unbranched alkanes of at least 4 members (excludes halogenated alkanes) is 2. The van der Waals surface area contributed by atoms with Crippen LogP contribution in [0.15, 0.2) is 24.3 Å². The van der Waals surface area contributed by atoms with E-state index >= 15 is 0 Å². The zero-order valence-electron chi connectivity index (χ0n) is 11.5. The molecule has 0 aromatic heterocycles.